The third kappa shape index (κ3) is 10.4. The number of carbonyl (C=O) groups excluding carboxylic acids is 3. The van der Waals surface area contributed by atoms with E-state index in [2.05, 4.69) is 28.6 Å². The molecule has 3 amide bonds. The average molecular weight is 479 g/mol. The second kappa shape index (κ2) is 14.2. The molecule has 0 aliphatic heterocycles. The van der Waals surface area contributed by atoms with E-state index in [1.54, 1.807) is 13.8 Å². The van der Waals surface area contributed by atoms with E-state index in [1.165, 1.54) is 0 Å². The zero-order valence-electron chi connectivity index (χ0n) is 17.7. The fourth-order valence-electron chi connectivity index (χ4n) is 2.47. The molecule has 0 aliphatic carbocycles. The Hall–Kier alpha value is -2.87. The molecule has 0 spiro atoms. The Labute approximate surface area is 189 Å². The van der Waals surface area contributed by atoms with Crippen LogP contribution in [0.25, 0.3) is 0 Å². The summed E-state index contributed by atoms with van der Waals surface area (Å²) in [6.45, 7) is 3.34. The van der Waals surface area contributed by atoms with Gasteiger partial charge in [0.05, 0.1) is 12.5 Å². The van der Waals surface area contributed by atoms with Gasteiger partial charge in [0, 0.05) is 12.2 Å². The highest BCUT2D eigenvalue weighted by atomic mass is 32.1. The van der Waals surface area contributed by atoms with Crippen LogP contribution in [0.3, 0.4) is 0 Å². The first-order valence-electron chi connectivity index (χ1n) is 9.77. The Bertz CT molecular complexity index is 719. The summed E-state index contributed by atoms with van der Waals surface area (Å²) in [5.74, 6) is -7.24. The van der Waals surface area contributed by atoms with Gasteiger partial charge >= 0.3 is 17.9 Å². The lowest BCUT2D eigenvalue weighted by molar-refractivity contribution is -0.147. The van der Waals surface area contributed by atoms with E-state index in [4.69, 9.17) is 21.1 Å². The summed E-state index contributed by atoms with van der Waals surface area (Å²) in [6.07, 6.45) is -0.942. The quantitative estimate of drug-likeness (QED) is 0.123. The van der Waals surface area contributed by atoms with Crippen molar-refractivity contribution in [1.82, 2.24) is 16.0 Å². The molecule has 0 saturated carbocycles. The highest BCUT2D eigenvalue weighted by Gasteiger charge is 2.33. The second-order valence-corrected chi connectivity index (χ2v) is 7.52. The van der Waals surface area contributed by atoms with Crippen LogP contribution in [-0.2, 0) is 28.8 Å². The number of carbonyl (C=O) groups is 6. The molecular formula is C18H30N4O9S. The van der Waals surface area contributed by atoms with Gasteiger partial charge in [0.25, 0.3) is 0 Å². The fraction of sp³-hybridized carbons (Fsp3) is 0.667. The lowest BCUT2D eigenvalue weighted by Crippen LogP contribution is -2.59. The van der Waals surface area contributed by atoms with Crippen LogP contribution in [0.4, 0.5) is 0 Å². The van der Waals surface area contributed by atoms with Crippen LogP contribution in [0.1, 0.15) is 39.5 Å². The first kappa shape index (κ1) is 29.1. The van der Waals surface area contributed by atoms with Crippen molar-refractivity contribution in [2.24, 2.45) is 11.7 Å². The molecule has 182 valence electrons. The molecule has 0 bridgehead atoms. The molecule has 0 radical (unpaired) electrons. The lowest BCUT2D eigenvalue weighted by atomic mass is 9.97. The van der Waals surface area contributed by atoms with Gasteiger partial charge in [-0.05, 0) is 12.3 Å². The largest absolute Gasteiger partial charge is 0.481 e. The van der Waals surface area contributed by atoms with Gasteiger partial charge in [-0.2, -0.15) is 12.6 Å². The topological polar surface area (TPSA) is 225 Å². The molecule has 0 aromatic carbocycles. The molecule has 0 rings (SSSR count). The van der Waals surface area contributed by atoms with Gasteiger partial charge in [-0.1, -0.05) is 20.3 Å². The lowest BCUT2D eigenvalue weighted by Gasteiger charge is -2.27. The Morgan fingerprint density at radius 2 is 1.44 bits per heavy atom. The van der Waals surface area contributed by atoms with E-state index in [-0.39, 0.29) is 18.6 Å². The Morgan fingerprint density at radius 3 is 1.88 bits per heavy atom. The number of hydrogen-bond donors (Lipinski definition) is 8. The average Bonchev–Trinajstić information content (AvgIpc) is 2.71. The van der Waals surface area contributed by atoms with Gasteiger partial charge in [0.2, 0.25) is 17.7 Å². The number of carboxylic acids is 3. The van der Waals surface area contributed by atoms with Gasteiger partial charge in [-0.25, -0.2) is 4.79 Å². The van der Waals surface area contributed by atoms with Crippen LogP contribution in [0, 0.1) is 5.92 Å². The van der Waals surface area contributed by atoms with Gasteiger partial charge in [0.1, 0.15) is 18.1 Å². The maximum absolute atomic E-state index is 12.6. The van der Waals surface area contributed by atoms with Crippen molar-refractivity contribution < 1.29 is 44.1 Å². The molecule has 0 aliphatic rings. The van der Waals surface area contributed by atoms with Crippen molar-refractivity contribution in [3.05, 3.63) is 0 Å². The van der Waals surface area contributed by atoms with Crippen molar-refractivity contribution in [2.75, 3.05) is 5.75 Å². The van der Waals surface area contributed by atoms with Crippen LogP contribution in [0.5, 0.6) is 0 Å². The van der Waals surface area contributed by atoms with Crippen molar-refractivity contribution in [1.29, 1.82) is 0 Å². The molecule has 5 unspecified atom stereocenters. The highest BCUT2D eigenvalue weighted by molar-refractivity contribution is 7.80. The predicted octanol–water partition coefficient (Wildman–Crippen LogP) is -1.83. The van der Waals surface area contributed by atoms with E-state index < -0.39 is 72.1 Å². The van der Waals surface area contributed by atoms with E-state index >= 15 is 0 Å². The van der Waals surface area contributed by atoms with Crippen LogP contribution in [-0.4, -0.2) is 80.9 Å². The highest BCUT2D eigenvalue weighted by Crippen LogP contribution is 2.10. The maximum Gasteiger partial charge on any atom is 0.326 e. The SMILES string of the molecule is CCC(C)C(NC(=O)C(CS)NC(=O)C(N)CCC(=O)O)C(=O)NC(CC(=O)O)C(=O)O. The minimum absolute atomic E-state index is 0.153. The van der Waals surface area contributed by atoms with E-state index in [1.807, 2.05) is 0 Å². The number of nitrogens with one attached hydrogen (secondary N) is 3. The molecular weight excluding hydrogens is 448 g/mol. The number of hydrogen-bond acceptors (Lipinski definition) is 8. The monoisotopic (exact) mass is 478 g/mol. The molecule has 32 heavy (non-hydrogen) atoms. The number of carboxylic acid groups (broad SMARTS) is 3. The Kier molecular flexibility index (Phi) is 13.0. The molecule has 0 saturated heterocycles. The van der Waals surface area contributed by atoms with Gasteiger partial charge in [-0.3, -0.25) is 24.0 Å². The van der Waals surface area contributed by atoms with Gasteiger partial charge in [-0.15, -0.1) is 0 Å². The summed E-state index contributed by atoms with van der Waals surface area (Å²) in [5.41, 5.74) is 5.61. The van der Waals surface area contributed by atoms with Crippen LogP contribution < -0.4 is 21.7 Å². The van der Waals surface area contributed by atoms with Crippen molar-refractivity contribution in [2.45, 2.75) is 63.7 Å². The minimum Gasteiger partial charge on any atom is -0.481 e. The van der Waals surface area contributed by atoms with Gasteiger partial charge in [0.15, 0.2) is 0 Å². The molecule has 13 nitrogen and oxygen atoms in total. The van der Waals surface area contributed by atoms with Crippen molar-refractivity contribution in [3.8, 4) is 0 Å². The third-order valence-corrected chi connectivity index (χ3v) is 4.97. The van der Waals surface area contributed by atoms with Crippen LogP contribution >= 0.6 is 12.6 Å². The van der Waals surface area contributed by atoms with Crippen LogP contribution in [0.2, 0.25) is 0 Å². The maximum atomic E-state index is 12.6. The molecule has 0 aromatic rings. The molecule has 0 fully saturated rings. The van der Waals surface area contributed by atoms with Crippen LogP contribution in [0.15, 0.2) is 0 Å². The van der Waals surface area contributed by atoms with E-state index in [0.29, 0.717) is 6.42 Å². The van der Waals surface area contributed by atoms with E-state index in [0.717, 1.165) is 0 Å². The number of nitrogens with two attached hydrogens (primary N) is 1. The molecule has 5 atom stereocenters. The zero-order valence-corrected chi connectivity index (χ0v) is 18.6. The summed E-state index contributed by atoms with van der Waals surface area (Å²) in [7, 11) is 0. The van der Waals surface area contributed by atoms with Crippen molar-refractivity contribution in [3.63, 3.8) is 0 Å². The summed E-state index contributed by atoms with van der Waals surface area (Å²) < 4.78 is 0. The fourth-order valence-corrected chi connectivity index (χ4v) is 2.73. The molecule has 0 aromatic heterocycles. The Balaban J connectivity index is 5.30. The third-order valence-electron chi connectivity index (χ3n) is 4.61. The number of aliphatic carboxylic acids is 3. The predicted molar refractivity (Wildman–Crippen MR) is 114 cm³/mol. The molecule has 8 N–H and O–H groups in total. The minimum atomic E-state index is -1.70. The summed E-state index contributed by atoms with van der Waals surface area (Å²) in [5, 5.41) is 33.4. The zero-order chi connectivity index (χ0) is 25.0. The normalized spacial score (nSPS) is 15.4. The standard InChI is InChI=1S/C18H30N4O9S/c1-3-8(2)14(17(29)20-10(18(30)31)6-13(25)26)22-16(28)11(7-32)21-15(27)9(19)4-5-12(23)24/h8-11,14,32H,3-7,19H2,1-2H3,(H,20,29)(H,21,27)(H,22,28)(H,23,24)(H,25,26)(H,30,31). The van der Waals surface area contributed by atoms with E-state index in [9.17, 15) is 28.8 Å². The smallest absolute Gasteiger partial charge is 0.326 e. The number of amides is 3. The summed E-state index contributed by atoms with van der Waals surface area (Å²) in [6, 6.07) is -5.31. The number of thiol groups is 1. The van der Waals surface area contributed by atoms with Crippen molar-refractivity contribution >= 4 is 48.3 Å². The Morgan fingerprint density at radius 1 is 0.875 bits per heavy atom. The first-order chi connectivity index (χ1) is 14.8. The number of rotatable bonds is 15. The van der Waals surface area contributed by atoms with Gasteiger partial charge < -0.3 is 37.0 Å². The molecule has 0 heterocycles. The first-order valence-corrected chi connectivity index (χ1v) is 10.4. The molecule has 14 heteroatoms. The second-order valence-electron chi connectivity index (χ2n) is 7.15. The summed E-state index contributed by atoms with van der Waals surface area (Å²) >= 11 is 4.00. The summed E-state index contributed by atoms with van der Waals surface area (Å²) in [4.78, 5) is 70.0.